The summed E-state index contributed by atoms with van der Waals surface area (Å²) in [7, 11) is 0. The molecule has 0 aliphatic heterocycles. The topological polar surface area (TPSA) is 0 Å². The van der Waals surface area contributed by atoms with Gasteiger partial charge < -0.3 is 0 Å². The lowest BCUT2D eigenvalue weighted by Gasteiger charge is -2.19. The summed E-state index contributed by atoms with van der Waals surface area (Å²) in [6.45, 7) is 0. The van der Waals surface area contributed by atoms with Gasteiger partial charge in [-0.2, -0.15) is 0 Å². The second kappa shape index (κ2) is 12.9. The van der Waals surface area contributed by atoms with E-state index in [2.05, 4.69) is 218 Å². The Balaban J connectivity index is 1.07. The van der Waals surface area contributed by atoms with Crippen molar-refractivity contribution in [1.82, 2.24) is 0 Å². The van der Waals surface area contributed by atoms with Crippen molar-refractivity contribution in [3.05, 3.63) is 218 Å². The van der Waals surface area contributed by atoms with Gasteiger partial charge in [0.1, 0.15) is 0 Å². The minimum Gasteiger partial charge on any atom is -0.0622 e. The number of hydrogen-bond donors (Lipinski definition) is 0. The van der Waals surface area contributed by atoms with Crippen LogP contribution in [0.2, 0.25) is 0 Å². The van der Waals surface area contributed by atoms with Crippen molar-refractivity contribution in [2.24, 2.45) is 0 Å². The third kappa shape index (κ3) is 5.04. The standard InChI is InChI=1S/C60H36/c1-2-8-37(9-3-1)48-33-49(52-28-23-44-20-18-40-13-7-15-42-25-31-55(52)60(44)58(40)42)35-50(34-48)53-29-26-47(36-56(53)46-21-16-38-10-4-5-11-45(38)32-46)51-27-22-43-19-17-39-12-6-14-41-24-30-54(51)59(43)57(39)41/h1-36H. The van der Waals surface area contributed by atoms with Crippen LogP contribution in [0, 0.1) is 0 Å². The van der Waals surface area contributed by atoms with E-state index in [1.165, 1.54) is 131 Å². The van der Waals surface area contributed by atoms with E-state index in [1.807, 2.05) is 0 Å². The predicted molar refractivity (Wildman–Crippen MR) is 259 cm³/mol. The zero-order chi connectivity index (χ0) is 39.3. The molecule has 0 saturated carbocycles. The van der Waals surface area contributed by atoms with Crippen LogP contribution < -0.4 is 0 Å². The first-order chi connectivity index (χ1) is 29.7. The van der Waals surface area contributed by atoms with E-state index in [4.69, 9.17) is 0 Å². The first-order valence-electron chi connectivity index (χ1n) is 20.9. The molecule has 0 heterocycles. The number of hydrogen-bond acceptors (Lipinski definition) is 0. The van der Waals surface area contributed by atoms with Crippen molar-refractivity contribution in [3.8, 4) is 55.6 Å². The molecule has 276 valence electrons. The first kappa shape index (κ1) is 33.2. The Morgan fingerprint density at radius 1 is 0.167 bits per heavy atom. The third-order valence-electron chi connectivity index (χ3n) is 13.1. The molecule has 0 nitrogen and oxygen atoms in total. The fourth-order valence-corrected chi connectivity index (χ4v) is 10.3. The molecule has 0 saturated heterocycles. The summed E-state index contributed by atoms with van der Waals surface area (Å²) in [5.74, 6) is 0. The summed E-state index contributed by atoms with van der Waals surface area (Å²) < 4.78 is 0. The summed E-state index contributed by atoms with van der Waals surface area (Å²) in [5, 5.41) is 18.1. The zero-order valence-electron chi connectivity index (χ0n) is 32.8. The molecule has 13 rings (SSSR count). The van der Waals surface area contributed by atoms with E-state index < -0.39 is 0 Å². The number of rotatable bonds is 5. The molecular weight excluding hydrogens is 721 g/mol. The van der Waals surface area contributed by atoms with Crippen LogP contribution in [0.5, 0.6) is 0 Å². The van der Waals surface area contributed by atoms with Crippen molar-refractivity contribution in [3.63, 3.8) is 0 Å². The Hall–Kier alpha value is -7.80. The van der Waals surface area contributed by atoms with Gasteiger partial charge >= 0.3 is 0 Å². The van der Waals surface area contributed by atoms with Gasteiger partial charge in [0.25, 0.3) is 0 Å². The van der Waals surface area contributed by atoms with Gasteiger partial charge in [0.05, 0.1) is 0 Å². The van der Waals surface area contributed by atoms with Crippen molar-refractivity contribution < 1.29 is 0 Å². The van der Waals surface area contributed by atoms with Crippen LogP contribution in [-0.4, -0.2) is 0 Å². The number of fused-ring (bicyclic) bond motifs is 1. The van der Waals surface area contributed by atoms with Crippen LogP contribution in [0.15, 0.2) is 218 Å². The molecule has 60 heavy (non-hydrogen) atoms. The highest BCUT2D eigenvalue weighted by Crippen LogP contribution is 2.45. The highest BCUT2D eigenvalue weighted by Gasteiger charge is 2.18. The maximum absolute atomic E-state index is 2.44. The molecule has 13 aromatic carbocycles. The minimum absolute atomic E-state index is 1.20. The lowest BCUT2D eigenvalue weighted by Crippen LogP contribution is -1.92. The van der Waals surface area contributed by atoms with Crippen LogP contribution in [0.1, 0.15) is 0 Å². The van der Waals surface area contributed by atoms with Gasteiger partial charge in [0.2, 0.25) is 0 Å². The van der Waals surface area contributed by atoms with E-state index in [0.29, 0.717) is 0 Å². The van der Waals surface area contributed by atoms with Crippen molar-refractivity contribution >= 4 is 75.4 Å². The van der Waals surface area contributed by atoms with Gasteiger partial charge in [0, 0.05) is 0 Å². The van der Waals surface area contributed by atoms with Crippen LogP contribution >= 0.6 is 0 Å². The molecule has 0 spiro atoms. The molecular formula is C60H36. The smallest absolute Gasteiger partial charge is 0.00206 e. The Kier molecular flexibility index (Phi) is 7.11. The molecule has 0 aromatic heterocycles. The SMILES string of the molecule is c1ccc(-c2cc(-c3ccc(-c4ccc5ccc6cccc7ccc4c5c67)cc3-c3ccc4ccccc4c3)cc(-c3ccc4ccc5cccc6ccc3c4c56)c2)cc1. The summed E-state index contributed by atoms with van der Waals surface area (Å²) in [6.07, 6.45) is 0. The average molecular weight is 757 g/mol. The van der Waals surface area contributed by atoms with Crippen LogP contribution in [0.4, 0.5) is 0 Å². The highest BCUT2D eigenvalue weighted by atomic mass is 14.2. The Labute approximate surface area is 347 Å². The lowest BCUT2D eigenvalue weighted by molar-refractivity contribution is 1.56. The van der Waals surface area contributed by atoms with E-state index in [1.54, 1.807) is 0 Å². The lowest BCUT2D eigenvalue weighted by atomic mass is 9.85. The second-order valence-corrected chi connectivity index (χ2v) is 16.4. The molecule has 0 heteroatoms. The second-order valence-electron chi connectivity index (χ2n) is 16.4. The largest absolute Gasteiger partial charge is 0.0622 e. The molecule has 0 unspecified atom stereocenters. The van der Waals surface area contributed by atoms with Gasteiger partial charge in [0.15, 0.2) is 0 Å². The first-order valence-corrected chi connectivity index (χ1v) is 20.9. The maximum Gasteiger partial charge on any atom is -0.00206 e. The summed E-state index contributed by atoms with van der Waals surface area (Å²) in [5.41, 5.74) is 12.2. The van der Waals surface area contributed by atoms with Gasteiger partial charge in [-0.1, -0.05) is 188 Å². The third-order valence-corrected chi connectivity index (χ3v) is 13.1. The number of benzene rings is 13. The van der Waals surface area contributed by atoms with Gasteiger partial charge in [-0.05, 0) is 161 Å². The van der Waals surface area contributed by atoms with Crippen LogP contribution in [-0.2, 0) is 0 Å². The van der Waals surface area contributed by atoms with Gasteiger partial charge in [-0.25, -0.2) is 0 Å². The average Bonchev–Trinajstić information content (AvgIpc) is 3.32. The molecule has 0 radical (unpaired) electrons. The molecule has 0 N–H and O–H groups in total. The molecule has 0 bridgehead atoms. The molecule has 0 amide bonds. The highest BCUT2D eigenvalue weighted by molar-refractivity contribution is 6.27. The minimum atomic E-state index is 1.20. The quantitative estimate of drug-likeness (QED) is 0.153. The Bertz CT molecular complexity index is 3780. The Morgan fingerprint density at radius 3 is 1.22 bits per heavy atom. The summed E-state index contributed by atoms with van der Waals surface area (Å²) >= 11 is 0. The molecule has 0 fully saturated rings. The van der Waals surface area contributed by atoms with Crippen molar-refractivity contribution in [2.45, 2.75) is 0 Å². The van der Waals surface area contributed by atoms with Crippen molar-refractivity contribution in [1.29, 1.82) is 0 Å². The Morgan fingerprint density at radius 2 is 0.583 bits per heavy atom. The van der Waals surface area contributed by atoms with Gasteiger partial charge in [-0.15, -0.1) is 0 Å². The molecule has 0 aliphatic rings. The zero-order valence-corrected chi connectivity index (χ0v) is 32.8. The van der Waals surface area contributed by atoms with Gasteiger partial charge in [-0.3, -0.25) is 0 Å². The maximum atomic E-state index is 2.44. The molecule has 0 aliphatic carbocycles. The monoisotopic (exact) mass is 756 g/mol. The fraction of sp³-hybridized carbons (Fsp3) is 0. The fourth-order valence-electron chi connectivity index (χ4n) is 10.3. The van der Waals surface area contributed by atoms with Crippen molar-refractivity contribution in [2.75, 3.05) is 0 Å². The van der Waals surface area contributed by atoms with E-state index in [9.17, 15) is 0 Å². The summed E-state index contributed by atoms with van der Waals surface area (Å²) in [4.78, 5) is 0. The van der Waals surface area contributed by atoms with E-state index in [0.717, 1.165) is 0 Å². The van der Waals surface area contributed by atoms with Crippen LogP contribution in [0.3, 0.4) is 0 Å². The molecule has 0 atom stereocenters. The summed E-state index contributed by atoms with van der Waals surface area (Å²) in [6, 6.07) is 81.7. The van der Waals surface area contributed by atoms with E-state index >= 15 is 0 Å². The predicted octanol–water partition coefficient (Wildman–Crippen LogP) is 17.0. The molecule has 13 aromatic rings. The van der Waals surface area contributed by atoms with E-state index in [-0.39, 0.29) is 0 Å². The normalized spacial score (nSPS) is 12.0. The van der Waals surface area contributed by atoms with Crippen LogP contribution in [0.25, 0.3) is 131 Å².